The maximum atomic E-state index is 11.6. The second-order valence-corrected chi connectivity index (χ2v) is 7.11. The maximum absolute atomic E-state index is 11.6. The van der Waals surface area contributed by atoms with Gasteiger partial charge in [-0.25, -0.2) is 0 Å². The molecule has 120 valence electrons. The van der Waals surface area contributed by atoms with E-state index in [0.29, 0.717) is 0 Å². The molecule has 0 saturated carbocycles. The molecule has 0 aliphatic carbocycles. The molecule has 1 fully saturated rings. The van der Waals surface area contributed by atoms with Gasteiger partial charge in [-0.2, -0.15) is 0 Å². The molecular weight excluding hydrogens is 284 g/mol. The fraction of sp³-hybridized carbons (Fsp3) is 0.765. The molecule has 2 atom stereocenters. The number of hydrogen-bond acceptors (Lipinski definition) is 3. The van der Waals surface area contributed by atoms with Gasteiger partial charge in [0.25, 0.3) is 0 Å². The van der Waals surface area contributed by atoms with E-state index in [1.165, 1.54) is 56.7 Å². The van der Waals surface area contributed by atoms with Crippen LogP contribution in [0.25, 0.3) is 0 Å². The molecule has 1 aliphatic rings. The van der Waals surface area contributed by atoms with E-state index >= 15 is 0 Å². The minimum absolute atomic E-state index is 0.105. The summed E-state index contributed by atoms with van der Waals surface area (Å²) in [5.74, 6) is -1.57. The fourth-order valence-corrected chi connectivity index (χ4v) is 4.08. The van der Waals surface area contributed by atoms with Crippen LogP contribution in [0.1, 0.15) is 71.1 Å². The second kappa shape index (κ2) is 10.0. The van der Waals surface area contributed by atoms with Crippen LogP contribution in [0, 0.1) is 5.92 Å². The van der Waals surface area contributed by atoms with Crippen molar-refractivity contribution in [3.05, 3.63) is 12.2 Å². The standard InChI is InChI=1S/C17H28O3S/c1-3-4-5-6-7-8-9-10-11-12-14-15(16(18)19)13(2)17(20)21-14/h14-15H,2-12H2,1H3,(H,18,19)/t14-,15+/m0/s1. The van der Waals surface area contributed by atoms with Crippen LogP contribution in [-0.4, -0.2) is 21.4 Å². The van der Waals surface area contributed by atoms with Crippen molar-refractivity contribution in [2.45, 2.75) is 76.4 Å². The van der Waals surface area contributed by atoms with Crippen molar-refractivity contribution >= 4 is 22.8 Å². The number of carboxylic acid groups (broad SMARTS) is 1. The quantitative estimate of drug-likeness (QED) is 0.439. The zero-order valence-corrected chi connectivity index (χ0v) is 13.9. The van der Waals surface area contributed by atoms with E-state index in [-0.39, 0.29) is 15.9 Å². The molecule has 1 saturated heterocycles. The summed E-state index contributed by atoms with van der Waals surface area (Å²) in [6, 6.07) is 0. The molecule has 0 aromatic rings. The Morgan fingerprint density at radius 3 is 2.14 bits per heavy atom. The van der Waals surface area contributed by atoms with Crippen LogP contribution in [0.5, 0.6) is 0 Å². The average molecular weight is 312 g/mol. The molecule has 1 N–H and O–H groups in total. The van der Waals surface area contributed by atoms with Crippen LogP contribution in [0.3, 0.4) is 0 Å². The van der Waals surface area contributed by atoms with Crippen LogP contribution < -0.4 is 0 Å². The summed E-state index contributed by atoms with van der Waals surface area (Å²) in [4.78, 5) is 22.8. The number of thioether (sulfide) groups is 1. The van der Waals surface area contributed by atoms with Gasteiger partial charge in [0.05, 0.1) is 5.92 Å². The van der Waals surface area contributed by atoms with E-state index in [1.807, 2.05) is 0 Å². The van der Waals surface area contributed by atoms with Crippen molar-refractivity contribution in [3.63, 3.8) is 0 Å². The first kappa shape index (κ1) is 18.3. The average Bonchev–Trinajstić information content (AvgIpc) is 2.72. The van der Waals surface area contributed by atoms with Gasteiger partial charge < -0.3 is 5.11 Å². The lowest BCUT2D eigenvalue weighted by Crippen LogP contribution is -2.22. The summed E-state index contributed by atoms with van der Waals surface area (Å²) in [5, 5.41) is 8.95. The molecule has 1 rings (SSSR count). The van der Waals surface area contributed by atoms with Crippen LogP contribution in [-0.2, 0) is 9.59 Å². The minimum Gasteiger partial charge on any atom is -0.481 e. The summed E-state index contributed by atoms with van der Waals surface area (Å²) in [6.07, 6.45) is 12.1. The smallest absolute Gasteiger partial charge is 0.312 e. The molecule has 0 bridgehead atoms. The van der Waals surface area contributed by atoms with E-state index in [1.54, 1.807) is 0 Å². The minimum atomic E-state index is -0.903. The van der Waals surface area contributed by atoms with E-state index in [4.69, 9.17) is 0 Å². The van der Waals surface area contributed by atoms with Gasteiger partial charge in [0.1, 0.15) is 0 Å². The first-order chi connectivity index (χ1) is 10.1. The SMILES string of the molecule is C=C1C(=O)S[C@@H](CCCCCCCCCCC)[C@@H]1C(=O)O. The lowest BCUT2D eigenvalue weighted by molar-refractivity contribution is -0.140. The Balaban J connectivity index is 2.11. The fourth-order valence-electron chi connectivity index (χ4n) is 2.82. The van der Waals surface area contributed by atoms with Crippen molar-refractivity contribution < 1.29 is 14.7 Å². The maximum Gasteiger partial charge on any atom is 0.312 e. The van der Waals surface area contributed by atoms with Gasteiger partial charge in [0.15, 0.2) is 0 Å². The predicted molar refractivity (Wildman–Crippen MR) is 88.5 cm³/mol. The number of carbonyl (C=O) groups excluding carboxylic acids is 1. The molecule has 0 spiro atoms. The van der Waals surface area contributed by atoms with Crippen molar-refractivity contribution in [3.8, 4) is 0 Å². The lowest BCUT2D eigenvalue weighted by atomic mass is 9.94. The Morgan fingerprint density at radius 2 is 1.62 bits per heavy atom. The number of carbonyl (C=O) groups is 2. The third-order valence-corrected chi connectivity index (χ3v) is 5.41. The first-order valence-corrected chi connectivity index (χ1v) is 9.08. The first-order valence-electron chi connectivity index (χ1n) is 8.20. The molecule has 0 aromatic carbocycles. The van der Waals surface area contributed by atoms with Gasteiger partial charge >= 0.3 is 5.97 Å². The Bertz CT molecular complexity index is 365. The summed E-state index contributed by atoms with van der Waals surface area (Å²) < 4.78 is 0. The molecule has 3 nitrogen and oxygen atoms in total. The van der Waals surface area contributed by atoms with Crippen molar-refractivity contribution in [1.82, 2.24) is 0 Å². The van der Waals surface area contributed by atoms with Gasteiger partial charge in [0, 0.05) is 10.8 Å². The lowest BCUT2D eigenvalue weighted by Gasteiger charge is -2.13. The highest BCUT2D eigenvalue weighted by Gasteiger charge is 2.41. The van der Waals surface area contributed by atoms with Gasteiger partial charge in [-0.1, -0.05) is 83.1 Å². The van der Waals surface area contributed by atoms with Crippen molar-refractivity contribution in [2.75, 3.05) is 0 Å². The topological polar surface area (TPSA) is 54.4 Å². The predicted octanol–water partition coefficient (Wildman–Crippen LogP) is 4.81. The highest BCUT2D eigenvalue weighted by Crippen LogP contribution is 2.40. The number of unbranched alkanes of at least 4 members (excludes halogenated alkanes) is 8. The summed E-state index contributed by atoms with van der Waals surface area (Å²) in [5.41, 5.74) is 0.272. The molecule has 0 unspecified atom stereocenters. The second-order valence-electron chi connectivity index (χ2n) is 5.90. The van der Waals surface area contributed by atoms with Crippen molar-refractivity contribution in [2.24, 2.45) is 5.92 Å². The highest BCUT2D eigenvalue weighted by molar-refractivity contribution is 8.15. The summed E-state index contributed by atoms with van der Waals surface area (Å²) >= 11 is 1.17. The Kier molecular flexibility index (Phi) is 8.74. The van der Waals surface area contributed by atoms with E-state index in [9.17, 15) is 14.7 Å². The Morgan fingerprint density at radius 1 is 1.10 bits per heavy atom. The van der Waals surface area contributed by atoms with Gasteiger partial charge in [0.2, 0.25) is 5.12 Å². The van der Waals surface area contributed by atoms with Crippen LogP contribution in [0.2, 0.25) is 0 Å². The Hall–Kier alpha value is -0.770. The normalized spacial score (nSPS) is 22.0. The molecule has 0 amide bonds. The van der Waals surface area contributed by atoms with Crippen LogP contribution in [0.15, 0.2) is 12.2 Å². The molecular formula is C17H28O3S. The largest absolute Gasteiger partial charge is 0.481 e. The third-order valence-electron chi connectivity index (χ3n) is 4.13. The number of hydrogen-bond donors (Lipinski definition) is 1. The summed E-state index contributed by atoms with van der Waals surface area (Å²) in [6.45, 7) is 5.86. The molecule has 1 heterocycles. The van der Waals surface area contributed by atoms with E-state index in [2.05, 4.69) is 13.5 Å². The van der Waals surface area contributed by atoms with Gasteiger partial charge in [-0.05, 0) is 6.42 Å². The number of carboxylic acids is 1. The monoisotopic (exact) mass is 312 g/mol. The zero-order chi connectivity index (χ0) is 15.7. The molecule has 1 aliphatic heterocycles. The summed E-state index contributed by atoms with van der Waals surface area (Å²) in [7, 11) is 0. The number of rotatable bonds is 11. The van der Waals surface area contributed by atoms with E-state index in [0.717, 1.165) is 19.3 Å². The zero-order valence-electron chi connectivity index (χ0n) is 13.1. The third kappa shape index (κ3) is 6.25. The van der Waals surface area contributed by atoms with Crippen LogP contribution in [0.4, 0.5) is 0 Å². The molecule has 0 radical (unpaired) electrons. The van der Waals surface area contributed by atoms with Crippen LogP contribution >= 0.6 is 11.8 Å². The van der Waals surface area contributed by atoms with Crippen molar-refractivity contribution in [1.29, 1.82) is 0 Å². The van der Waals surface area contributed by atoms with Gasteiger partial charge in [-0.15, -0.1) is 0 Å². The van der Waals surface area contributed by atoms with E-state index < -0.39 is 11.9 Å². The molecule has 4 heteroatoms. The molecule has 21 heavy (non-hydrogen) atoms. The van der Waals surface area contributed by atoms with Gasteiger partial charge in [-0.3, -0.25) is 9.59 Å². The number of aliphatic carboxylic acids is 1. The highest BCUT2D eigenvalue weighted by atomic mass is 32.2. The Labute approximate surface area is 132 Å². The molecule has 0 aromatic heterocycles.